The number of hydrogen-bond donors (Lipinski definition) is 1. The SMILES string of the molecule is CC(C)(O)CCC1CCC(F)CC1. The maximum Gasteiger partial charge on any atom is 0.100 e. The molecule has 1 saturated carbocycles. The fourth-order valence-corrected chi connectivity index (χ4v) is 1.97. The standard InChI is InChI=1S/C11H21FO/c1-11(2,13)8-7-9-3-5-10(12)6-4-9/h9-10,13H,3-8H2,1-2H3. The number of alkyl halides is 1. The van der Waals surface area contributed by atoms with Crippen molar-refractivity contribution in [3.63, 3.8) is 0 Å². The van der Waals surface area contributed by atoms with E-state index in [1.807, 2.05) is 13.8 Å². The molecule has 1 aliphatic rings. The van der Waals surface area contributed by atoms with Gasteiger partial charge in [0.2, 0.25) is 0 Å². The van der Waals surface area contributed by atoms with Crippen LogP contribution in [0.5, 0.6) is 0 Å². The summed E-state index contributed by atoms with van der Waals surface area (Å²) >= 11 is 0. The molecule has 0 amide bonds. The summed E-state index contributed by atoms with van der Waals surface area (Å²) in [4.78, 5) is 0. The molecule has 1 nitrogen and oxygen atoms in total. The van der Waals surface area contributed by atoms with Crippen molar-refractivity contribution in [3.8, 4) is 0 Å². The van der Waals surface area contributed by atoms with Crippen LogP contribution in [0, 0.1) is 5.92 Å². The lowest BCUT2D eigenvalue weighted by molar-refractivity contribution is 0.0591. The molecule has 0 aliphatic heterocycles. The molecule has 0 saturated heterocycles. The van der Waals surface area contributed by atoms with Gasteiger partial charge in [-0.3, -0.25) is 0 Å². The van der Waals surface area contributed by atoms with Gasteiger partial charge in [-0.2, -0.15) is 0 Å². The van der Waals surface area contributed by atoms with Crippen molar-refractivity contribution in [1.82, 2.24) is 0 Å². The fraction of sp³-hybridized carbons (Fsp3) is 1.00. The molecule has 0 heterocycles. The average Bonchev–Trinajstić information content (AvgIpc) is 2.02. The van der Waals surface area contributed by atoms with E-state index in [1.54, 1.807) is 0 Å². The lowest BCUT2D eigenvalue weighted by Gasteiger charge is -2.26. The highest BCUT2D eigenvalue weighted by Crippen LogP contribution is 2.30. The van der Waals surface area contributed by atoms with E-state index in [0.29, 0.717) is 5.92 Å². The number of aliphatic hydroxyl groups is 1. The third kappa shape index (κ3) is 4.61. The van der Waals surface area contributed by atoms with E-state index in [2.05, 4.69) is 0 Å². The van der Waals surface area contributed by atoms with Crippen LogP contribution in [0.2, 0.25) is 0 Å². The van der Waals surface area contributed by atoms with Gasteiger partial charge in [0, 0.05) is 0 Å². The van der Waals surface area contributed by atoms with Crippen LogP contribution in [0.3, 0.4) is 0 Å². The van der Waals surface area contributed by atoms with Crippen LogP contribution in [0.1, 0.15) is 52.4 Å². The Morgan fingerprint density at radius 1 is 1.23 bits per heavy atom. The summed E-state index contributed by atoms with van der Waals surface area (Å²) in [5, 5.41) is 9.53. The Morgan fingerprint density at radius 3 is 2.23 bits per heavy atom. The van der Waals surface area contributed by atoms with E-state index in [0.717, 1.165) is 38.5 Å². The molecule has 13 heavy (non-hydrogen) atoms. The summed E-state index contributed by atoms with van der Waals surface area (Å²) < 4.78 is 12.8. The van der Waals surface area contributed by atoms with Crippen LogP contribution in [0.15, 0.2) is 0 Å². The fourth-order valence-electron chi connectivity index (χ4n) is 1.97. The average molecular weight is 188 g/mol. The van der Waals surface area contributed by atoms with Crippen molar-refractivity contribution in [1.29, 1.82) is 0 Å². The lowest BCUT2D eigenvalue weighted by Crippen LogP contribution is -2.22. The molecule has 1 fully saturated rings. The summed E-state index contributed by atoms with van der Waals surface area (Å²) in [6.07, 6.45) is 4.82. The third-order valence-electron chi connectivity index (χ3n) is 2.94. The van der Waals surface area contributed by atoms with Crippen LogP contribution in [0.4, 0.5) is 4.39 Å². The van der Waals surface area contributed by atoms with Gasteiger partial charge in [-0.1, -0.05) is 0 Å². The first-order chi connectivity index (χ1) is 5.97. The van der Waals surface area contributed by atoms with Crippen LogP contribution in [0.25, 0.3) is 0 Å². The highest BCUT2D eigenvalue weighted by molar-refractivity contribution is 4.75. The van der Waals surface area contributed by atoms with Crippen molar-refractivity contribution in [3.05, 3.63) is 0 Å². The number of rotatable bonds is 3. The molecular weight excluding hydrogens is 167 g/mol. The summed E-state index contributed by atoms with van der Waals surface area (Å²) in [5.74, 6) is 0.651. The normalized spacial score (nSPS) is 30.5. The van der Waals surface area contributed by atoms with Gasteiger partial charge >= 0.3 is 0 Å². The predicted molar refractivity (Wildman–Crippen MR) is 52.4 cm³/mol. The molecule has 0 aromatic rings. The zero-order valence-electron chi connectivity index (χ0n) is 8.72. The molecule has 1 N–H and O–H groups in total. The van der Waals surface area contributed by atoms with Gasteiger partial charge in [0.25, 0.3) is 0 Å². The summed E-state index contributed by atoms with van der Waals surface area (Å²) in [6, 6.07) is 0. The third-order valence-corrected chi connectivity index (χ3v) is 2.94. The molecule has 0 aromatic heterocycles. The maximum absolute atomic E-state index is 12.8. The Labute approximate surface area is 80.3 Å². The Bertz CT molecular complexity index is 143. The van der Waals surface area contributed by atoms with E-state index < -0.39 is 11.8 Å². The second-order valence-electron chi connectivity index (χ2n) is 4.97. The van der Waals surface area contributed by atoms with Gasteiger partial charge in [-0.05, 0) is 58.3 Å². The van der Waals surface area contributed by atoms with Crippen molar-refractivity contribution < 1.29 is 9.50 Å². The largest absolute Gasteiger partial charge is 0.390 e. The van der Waals surface area contributed by atoms with Crippen molar-refractivity contribution in [2.24, 2.45) is 5.92 Å². The van der Waals surface area contributed by atoms with Crippen molar-refractivity contribution in [2.75, 3.05) is 0 Å². The van der Waals surface area contributed by atoms with Crippen LogP contribution >= 0.6 is 0 Å². The first kappa shape index (κ1) is 11.0. The van der Waals surface area contributed by atoms with Crippen molar-refractivity contribution >= 4 is 0 Å². The summed E-state index contributed by atoms with van der Waals surface area (Å²) in [7, 11) is 0. The quantitative estimate of drug-likeness (QED) is 0.721. The minimum Gasteiger partial charge on any atom is -0.390 e. The maximum atomic E-state index is 12.8. The van der Waals surface area contributed by atoms with Crippen LogP contribution in [-0.4, -0.2) is 16.9 Å². The van der Waals surface area contributed by atoms with Crippen LogP contribution in [-0.2, 0) is 0 Å². The zero-order chi connectivity index (χ0) is 9.90. The summed E-state index contributed by atoms with van der Waals surface area (Å²) in [5.41, 5.74) is -0.549. The highest BCUT2D eigenvalue weighted by atomic mass is 19.1. The number of halogens is 1. The monoisotopic (exact) mass is 188 g/mol. The Morgan fingerprint density at radius 2 is 1.77 bits per heavy atom. The molecule has 0 bridgehead atoms. The van der Waals surface area contributed by atoms with Gasteiger partial charge in [0.05, 0.1) is 5.60 Å². The second kappa shape index (κ2) is 4.41. The Balaban J connectivity index is 2.16. The lowest BCUT2D eigenvalue weighted by atomic mass is 9.83. The Hall–Kier alpha value is -0.110. The van der Waals surface area contributed by atoms with Gasteiger partial charge in [0.15, 0.2) is 0 Å². The van der Waals surface area contributed by atoms with Gasteiger partial charge < -0.3 is 5.11 Å². The van der Waals surface area contributed by atoms with Crippen LogP contribution < -0.4 is 0 Å². The van der Waals surface area contributed by atoms with Crippen molar-refractivity contribution in [2.45, 2.75) is 64.1 Å². The first-order valence-corrected chi connectivity index (χ1v) is 5.34. The zero-order valence-corrected chi connectivity index (χ0v) is 8.72. The van der Waals surface area contributed by atoms with E-state index in [1.165, 1.54) is 0 Å². The second-order valence-corrected chi connectivity index (χ2v) is 4.97. The first-order valence-electron chi connectivity index (χ1n) is 5.34. The van der Waals surface area contributed by atoms with Gasteiger partial charge in [0.1, 0.15) is 6.17 Å². The molecular formula is C11H21FO. The Kier molecular flexibility index (Phi) is 3.72. The molecule has 1 aliphatic carbocycles. The molecule has 0 aromatic carbocycles. The molecule has 78 valence electrons. The minimum absolute atomic E-state index is 0.549. The molecule has 0 unspecified atom stereocenters. The topological polar surface area (TPSA) is 20.2 Å². The molecule has 0 atom stereocenters. The molecule has 1 rings (SSSR count). The van der Waals surface area contributed by atoms with Gasteiger partial charge in [-0.25, -0.2) is 4.39 Å². The molecule has 2 heteroatoms. The highest BCUT2D eigenvalue weighted by Gasteiger charge is 2.22. The molecule has 0 spiro atoms. The number of hydrogen-bond acceptors (Lipinski definition) is 1. The van der Waals surface area contributed by atoms with E-state index >= 15 is 0 Å². The van der Waals surface area contributed by atoms with E-state index in [9.17, 15) is 9.50 Å². The predicted octanol–water partition coefficient (Wildman–Crippen LogP) is 3.07. The van der Waals surface area contributed by atoms with E-state index in [4.69, 9.17) is 0 Å². The van der Waals surface area contributed by atoms with Gasteiger partial charge in [-0.15, -0.1) is 0 Å². The smallest absolute Gasteiger partial charge is 0.100 e. The molecule has 0 radical (unpaired) electrons. The minimum atomic E-state index is -0.557. The van der Waals surface area contributed by atoms with E-state index in [-0.39, 0.29) is 0 Å². The summed E-state index contributed by atoms with van der Waals surface area (Å²) in [6.45, 7) is 3.68.